The molecule has 26 heavy (non-hydrogen) atoms. The Morgan fingerprint density at radius 1 is 1.15 bits per heavy atom. The quantitative estimate of drug-likeness (QED) is 0.732. The molecule has 0 saturated carbocycles. The molecule has 2 aromatic rings. The van der Waals surface area contributed by atoms with E-state index in [0.29, 0.717) is 12.1 Å². The van der Waals surface area contributed by atoms with Gasteiger partial charge in [0.25, 0.3) is 0 Å². The molecule has 0 radical (unpaired) electrons. The minimum atomic E-state index is -0.144. The van der Waals surface area contributed by atoms with Crippen molar-refractivity contribution in [2.75, 3.05) is 29.9 Å². The molecule has 0 bridgehead atoms. The summed E-state index contributed by atoms with van der Waals surface area (Å²) in [4.78, 5) is 2.48. The minimum absolute atomic E-state index is 0.144. The lowest BCUT2D eigenvalue weighted by Gasteiger charge is -2.46. The summed E-state index contributed by atoms with van der Waals surface area (Å²) in [6, 6.07) is 8.19. The van der Waals surface area contributed by atoms with Crippen molar-refractivity contribution in [3.63, 3.8) is 0 Å². The number of aromatic hydroxyl groups is 1. The number of hydrogen-bond donors (Lipinski definition) is 3. The highest BCUT2D eigenvalue weighted by Crippen LogP contribution is 2.45. The standard InChI is InChI=1S/C20H27N5O/c1-12-11-25-13(9-21-12)10-22-19-18(25)16(20(2,3)4)17(23-24-19)14-7-5-6-8-15(14)26/h5-8,12-13,21,26H,9-11H2,1-4H3,(H,22,24)/t12-,13+/m0/s1. The zero-order chi connectivity index (χ0) is 18.5. The van der Waals surface area contributed by atoms with E-state index in [2.05, 4.69) is 53.4 Å². The van der Waals surface area contributed by atoms with Gasteiger partial charge in [0.1, 0.15) is 11.4 Å². The van der Waals surface area contributed by atoms with Crippen molar-refractivity contribution >= 4 is 11.5 Å². The first-order valence-corrected chi connectivity index (χ1v) is 9.29. The van der Waals surface area contributed by atoms with Crippen LogP contribution in [-0.4, -0.2) is 47.0 Å². The summed E-state index contributed by atoms with van der Waals surface area (Å²) in [5, 5.41) is 26.5. The molecule has 6 nitrogen and oxygen atoms in total. The zero-order valence-corrected chi connectivity index (χ0v) is 15.9. The first-order valence-electron chi connectivity index (χ1n) is 9.29. The first-order chi connectivity index (χ1) is 12.4. The fraction of sp³-hybridized carbons (Fsp3) is 0.500. The Morgan fingerprint density at radius 2 is 1.92 bits per heavy atom. The van der Waals surface area contributed by atoms with E-state index in [4.69, 9.17) is 0 Å². The number of benzene rings is 1. The van der Waals surface area contributed by atoms with Gasteiger partial charge in [-0.3, -0.25) is 0 Å². The molecule has 6 heteroatoms. The summed E-state index contributed by atoms with van der Waals surface area (Å²) in [7, 11) is 0. The normalized spacial score (nSPS) is 22.4. The highest BCUT2D eigenvalue weighted by atomic mass is 16.3. The number of hydrogen-bond acceptors (Lipinski definition) is 6. The number of rotatable bonds is 1. The topological polar surface area (TPSA) is 73.3 Å². The van der Waals surface area contributed by atoms with Gasteiger partial charge in [-0.15, -0.1) is 10.2 Å². The maximum atomic E-state index is 10.4. The molecule has 138 valence electrons. The van der Waals surface area contributed by atoms with E-state index < -0.39 is 0 Å². The molecule has 0 amide bonds. The molecule has 3 heterocycles. The predicted molar refractivity (Wildman–Crippen MR) is 105 cm³/mol. The van der Waals surface area contributed by atoms with Crippen molar-refractivity contribution in [2.24, 2.45) is 0 Å². The van der Waals surface area contributed by atoms with Crippen LogP contribution in [0.1, 0.15) is 33.3 Å². The van der Waals surface area contributed by atoms with Gasteiger partial charge in [-0.25, -0.2) is 0 Å². The summed E-state index contributed by atoms with van der Waals surface area (Å²) in [5.74, 6) is 1.08. The fourth-order valence-electron chi connectivity index (χ4n) is 4.03. The molecule has 0 unspecified atom stereocenters. The Labute approximate surface area is 154 Å². The van der Waals surface area contributed by atoms with Gasteiger partial charge in [0.2, 0.25) is 0 Å². The van der Waals surface area contributed by atoms with E-state index in [0.717, 1.165) is 48.0 Å². The van der Waals surface area contributed by atoms with Crippen molar-refractivity contribution in [3.8, 4) is 17.0 Å². The van der Waals surface area contributed by atoms with Gasteiger partial charge in [-0.2, -0.15) is 0 Å². The van der Waals surface area contributed by atoms with Crippen LogP contribution in [0.3, 0.4) is 0 Å². The number of piperazine rings is 1. The van der Waals surface area contributed by atoms with Crippen LogP contribution in [-0.2, 0) is 5.41 Å². The van der Waals surface area contributed by atoms with Crippen LogP contribution in [0.25, 0.3) is 11.3 Å². The van der Waals surface area contributed by atoms with E-state index in [9.17, 15) is 5.11 Å². The monoisotopic (exact) mass is 353 g/mol. The number of phenols is 1. The number of anilines is 2. The molecule has 0 aliphatic carbocycles. The van der Waals surface area contributed by atoms with Crippen molar-refractivity contribution in [3.05, 3.63) is 29.8 Å². The molecule has 1 aromatic heterocycles. The Morgan fingerprint density at radius 3 is 2.65 bits per heavy atom. The largest absolute Gasteiger partial charge is 0.507 e. The Kier molecular flexibility index (Phi) is 4.03. The van der Waals surface area contributed by atoms with Gasteiger partial charge in [0.05, 0.1) is 11.7 Å². The van der Waals surface area contributed by atoms with Gasteiger partial charge >= 0.3 is 0 Å². The van der Waals surface area contributed by atoms with E-state index in [1.165, 1.54) is 0 Å². The van der Waals surface area contributed by atoms with Gasteiger partial charge in [-0.1, -0.05) is 32.9 Å². The predicted octanol–water partition coefficient (Wildman–Crippen LogP) is 2.74. The van der Waals surface area contributed by atoms with Gasteiger partial charge in [-0.05, 0) is 24.5 Å². The second kappa shape index (κ2) is 6.13. The lowest BCUT2D eigenvalue weighted by molar-refractivity contribution is 0.408. The Hall–Kier alpha value is -2.34. The van der Waals surface area contributed by atoms with Crippen LogP contribution in [0.4, 0.5) is 11.5 Å². The number of nitrogens with one attached hydrogen (secondary N) is 2. The summed E-state index contributed by atoms with van der Waals surface area (Å²) < 4.78 is 0. The molecule has 1 fully saturated rings. The zero-order valence-electron chi connectivity index (χ0n) is 15.9. The third-order valence-corrected chi connectivity index (χ3v) is 5.26. The van der Waals surface area contributed by atoms with E-state index in [1.54, 1.807) is 6.07 Å². The second-order valence-corrected chi connectivity index (χ2v) is 8.38. The lowest BCUT2D eigenvalue weighted by Crippen LogP contribution is -2.60. The molecule has 3 N–H and O–H groups in total. The van der Waals surface area contributed by atoms with E-state index in [-0.39, 0.29) is 11.2 Å². The van der Waals surface area contributed by atoms with Crippen LogP contribution < -0.4 is 15.5 Å². The molecular weight excluding hydrogens is 326 g/mol. The Bertz CT molecular complexity index is 829. The highest BCUT2D eigenvalue weighted by Gasteiger charge is 2.38. The smallest absolute Gasteiger partial charge is 0.172 e. The molecule has 2 aliphatic rings. The summed E-state index contributed by atoms with van der Waals surface area (Å²) in [5.41, 5.74) is 3.63. The van der Waals surface area contributed by atoms with Crippen molar-refractivity contribution < 1.29 is 5.11 Å². The SMILES string of the molecule is C[C@H]1CN2c3c(nnc(-c4ccccc4O)c3C(C)(C)C)NC[C@H]2CN1. The van der Waals surface area contributed by atoms with Gasteiger partial charge in [0.15, 0.2) is 5.82 Å². The van der Waals surface area contributed by atoms with Crippen LogP contribution in [0, 0.1) is 0 Å². The fourth-order valence-corrected chi connectivity index (χ4v) is 4.03. The Balaban J connectivity index is 1.96. The van der Waals surface area contributed by atoms with Crippen LogP contribution in [0.5, 0.6) is 5.75 Å². The van der Waals surface area contributed by atoms with Crippen molar-refractivity contribution in [2.45, 2.75) is 45.2 Å². The molecule has 4 rings (SSSR count). The lowest BCUT2D eigenvalue weighted by atomic mass is 9.81. The third kappa shape index (κ3) is 2.78. The van der Waals surface area contributed by atoms with E-state index >= 15 is 0 Å². The summed E-state index contributed by atoms with van der Waals surface area (Å²) in [6.07, 6.45) is 0. The highest BCUT2D eigenvalue weighted by molar-refractivity contribution is 5.83. The minimum Gasteiger partial charge on any atom is -0.507 e. The number of fused-ring (bicyclic) bond motifs is 3. The summed E-state index contributed by atoms with van der Waals surface area (Å²) in [6.45, 7) is 11.6. The molecular formula is C20H27N5O. The molecule has 1 aromatic carbocycles. The molecule has 1 saturated heterocycles. The van der Waals surface area contributed by atoms with Crippen LogP contribution in [0.15, 0.2) is 24.3 Å². The van der Waals surface area contributed by atoms with Crippen LogP contribution >= 0.6 is 0 Å². The van der Waals surface area contributed by atoms with Crippen LogP contribution in [0.2, 0.25) is 0 Å². The third-order valence-electron chi connectivity index (χ3n) is 5.26. The van der Waals surface area contributed by atoms with Gasteiger partial charge < -0.3 is 20.6 Å². The van der Waals surface area contributed by atoms with Crippen molar-refractivity contribution in [1.29, 1.82) is 0 Å². The van der Waals surface area contributed by atoms with E-state index in [1.807, 2.05) is 18.2 Å². The maximum absolute atomic E-state index is 10.4. The maximum Gasteiger partial charge on any atom is 0.172 e. The number of phenolic OH excluding ortho intramolecular Hbond substituents is 1. The number of aromatic nitrogens is 2. The first kappa shape index (κ1) is 17.1. The second-order valence-electron chi connectivity index (χ2n) is 8.38. The number of para-hydroxylation sites is 1. The molecule has 2 aliphatic heterocycles. The van der Waals surface area contributed by atoms with Gasteiger partial charge in [0, 0.05) is 36.8 Å². The molecule has 2 atom stereocenters. The average Bonchev–Trinajstić information content (AvgIpc) is 2.60. The number of nitrogens with zero attached hydrogens (tertiary/aromatic N) is 3. The summed E-state index contributed by atoms with van der Waals surface area (Å²) >= 11 is 0. The van der Waals surface area contributed by atoms with Crippen molar-refractivity contribution in [1.82, 2.24) is 15.5 Å². The molecule has 0 spiro atoms. The average molecular weight is 353 g/mol.